The summed E-state index contributed by atoms with van der Waals surface area (Å²) in [5.41, 5.74) is 3.83. The van der Waals surface area contributed by atoms with Crippen LogP contribution in [-0.2, 0) is 20.2 Å². The molecule has 0 spiro atoms. The summed E-state index contributed by atoms with van der Waals surface area (Å²) >= 11 is 5.95. The maximum Gasteiger partial charge on any atom is 0.251 e. The number of aryl methyl sites for hydroxylation is 1. The van der Waals surface area contributed by atoms with Gasteiger partial charge >= 0.3 is 0 Å². The predicted octanol–water partition coefficient (Wildman–Crippen LogP) is 5.34. The van der Waals surface area contributed by atoms with E-state index in [9.17, 15) is 4.79 Å². The molecule has 0 atom stereocenters. The Hall–Kier alpha value is -3.24. The van der Waals surface area contributed by atoms with E-state index >= 15 is 0 Å². The number of nitrogens with one attached hydrogen (secondary N) is 1. The van der Waals surface area contributed by atoms with E-state index in [1.807, 2.05) is 61.6 Å². The van der Waals surface area contributed by atoms with Gasteiger partial charge in [0.25, 0.3) is 5.91 Å². The molecule has 4 aromatic rings. The third-order valence-electron chi connectivity index (χ3n) is 4.99. The van der Waals surface area contributed by atoms with Gasteiger partial charge in [-0.15, -0.1) is 0 Å². The van der Waals surface area contributed by atoms with Crippen LogP contribution in [0.3, 0.4) is 0 Å². The molecule has 1 amide bonds. The largest absolute Gasteiger partial charge is 0.487 e. The fraction of sp³-hybridized carbons (Fsp3) is 0.125. The van der Waals surface area contributed by atoms with Gasteiger partial charge in [0.05, 0.1) is 5.69 Å². The Bertz CT molecular complexity index is 1130. The number of amides is 1. The Morgan fingerprint density at radius 2 is 1.66 bits per heavy atom. The predicted molar refractivity (Wildman–Crippen MR) is 116 cm³/mol. The van der Waals surface area contributed by atoms with E-state index < -0.39 is 0 Å². The van der Waals surface area contributed by atoms with Gasteiger partial charge in [0.15, 0.2) is 0 Å². The molecule has 0 fully saturated rings. The number of halogens is 1. The fourth-order valence-corrected chi connectivity index (χ4v) is 3.57. The van der Waals surface area contributed by atoms with E-state index in [-0.39, 0.29) is 5.91 Å². The third kappa shape index (κ3) is 4.13. The lowest BCUT2D eigenvalue weighted by molar-refractivity contribution is 0.0951. The van der Waals surface area contributed by atoms with Crippen LogP contribution in [0.2, 0.25) is 5.02 Å². The highest BCUT2D eigenvalue weighted by molar-refractivity contribution is 6.30. The number of fused-ring (bicyclic) bond motifs is 1. The number of benzene rings is 3. The molecule has 4 nitrogen and oxygen atoms in total. The Morgan fingerprint density at radius 3 is 2.41 bits per heavy atom. The zero-order valence-electron chi connectivity index (χ0n) is 16.1. The highest BCUT2D eigenvalue weighted by Crippen LogP contribution is 2.27. The van der Waals surface area contributed by atoms with Gasteiger partial charge in [0.1, 0.15) is 12.4 Å². The third-order valence-corrected chi connectivity index (χ3v) is 5.25. The number of para-hydroxylation sites is 1. The first-order valence-electron chi connectivity index (χ1n) is 9.40. The van der Waals surface area contributed by atoms with Crippen LogP contribution >= 0.6 is 11.6 Å². The second-order valence-corrected chi connectivity index (χ2v) is 7.23. The van der Waals surface area contributed by atoms with E-state index in [0.717, 1.165) is 27.9 Å². The molecule has 29 heavy (non-hydrogen) atoms. The van der Waals surface area contributed by atoms with Crippen LogP contribution in [0.5, 0.6) is 5.75 Å². The highest BCUT2D eigenvalue weighted by atomic mass is 35.5. The van der Waals surface area contributed by atoms with Crippen molar-refractivity contribution in [1.82, 2.24) is 9.88 Å². The molecule has 0 aliphatic heterocycles. The van der Waals surface area contributed by atoms with Gasteiger partial charge in [-0.2, -0.15) is 0 Å². The van der Waals surface area contributed by atoms with Crippen molar-refractivity contribution < 1.29 is 9.53 Å². The number of hydrogen-bond acceptors (Lipinski definition) is 2. The molecule has 0 aliphatic carbocycles. The topological polar surface area (TPSA) is 43.3 Å². The van der Waals surface area contributed by atoms with Crippen LogP contribution in [0.15, 0.2) is 78.9 Å². The Morgan fingerprint density at radius 1 is 0.966 bits per heavy atom. The van der Waals surface area contributed by atoms with Gasteiger partial charge in [-0.25, -0.2) is 0 Å². The number of rotatable bonds is 6. The van der Waals surface area contributed by atoms with E-state index in [1.54, 1.807) is 12.1 Å². The fourth-order valence-electron chi connectivity index (χ4n) is 3.45. The van der Waals surface area contributed by atoms with Crippen molar-refractivity contribution in [3.63, 3.8) is 0 Å². The number of ether oxygens (including phenoxy) is 1. The lowest BCUT2D eigenvalue weighted by Gasteiger charge is -2.11. The standard InChI is InChI=1S/C24H21ClN2O2/c1-27-22-10-6-5-9-20(22)21(15-26-24(28)17-7-3-2-4-8-17)23(27)16-29-19-13-11-18(25)12-14-19/h2-14H,15-16H2,1H3,(H,26,28). The van der Waals surface area contributed by atoms with Crippen molar-refractivity contribution in [1.29, 1.82) is 0 Å². The maximum atomic E-state index is 12.5. The molecular weight excluding hydrogens is 384 g/mol. The summed E-state index contributed by atoms with van der Waals surface area (Å²) in [5, 5.41) is 4.82. The van der Waals surface area contributed by atoms with Crippen molar-refractivity contribution in [2.45, 2.75) is 13.2 Å². The zero-order chi connectivity index (χ0) is 20.2. The highest BCUT2D eigenvalue weighted by Gasteiger charge is 2.16. The molecule has 0 radical (unpaired) electrons. The molecule has 5 heteroatoms. The molecular formula is C24H21ClN2O2. The summed E-state index contributed by atoms with van der Waals surface area (Å²) in [7, 11) is 2.02. The molecule has 1 heterocycles. The summed E-state index contributed by atoms with van der Waals surface area (Å²) in [4.78, 5) is 12.5. The SMILES string of the molecule is Cn1c(COc2ccc(Cl)cc2)c(CNC(=O)c2ccccc2)c2ccccc21. The molecule has 1 aromatic heterocycles. The average molecular weight is 405 g/mol. The first kappa shape index (κ1) is 19.1. The lowest BCUT2D eigenvalue weighted by Crippen LogP contribution is -2.23. The number of hydrogen-bond donors (Lipinski definition) is 1. The van der Waals surface area contributed by atoms with E-state index in [0.29, 0.717) is 23.7 Å². The van der Waals surface area contributed by atoms with Gasteiger partial charge in [-0.05, 0) is 42.5 Å². The minimum absolute atomic E-state index is 0.0943. The quantitative estimate of drug-likeness (QED) is 0.471. The van der Waals surface area contributed by atoms with Crippen molar-refractivity contribution in [2.75, 3.05) is 0 Å². The summed E-state index contributed by atoms with van der Waals surface area (Å²) in [6.45, 7) is 0.817. The van der Waals surface area contributed by atoms with Crippen molar-refractivity contribution >= 4 is 28.4 Å². The molecule has 4 rings (SSSR count). The molecule has 3 aromatic carbocycles. The summed E-state index contributed by atoms with van der Waals surface area (Å²) in [5.74, 6) is 0.655. The molecule has 0 saturated heterocycles. The summed E-state index contributed by atoms with van der Waals surface area (Å²) in [6.07, 6.45) is 0. The Balaban J connectivity index is 1.60. The van der Waals surface area contributed by atoms with E-state index in [1.165, 1.54) is 0 Å². The van der Waals surface area contributed by atoms with Gasteiger partial charge in [0.2, 0.25) is 0 Å². The summed E-state index contributed by atoms with van der Waals surface area (Å²) < 4.78 is 8.12. The van der Waals surface area contributed by atoms with Crippen LogP contribution in [0, 0.1) is 0 Å². The van der Waals surface area contributed by atoms with E-state index in [4.69, 9.17) is 16.3 Å². The van der Waals surface area contributed by atoms with Crippen LogP contribution < -0.4 is 10.1 Å². The Labute approximate surface area is 174 Å². The number of nitrogens with zero attached hydrogens (tertiary/aromatic N) is 1. The molecule has 0 bridgehead atoms. The molecule has 0 unspecified atom stereocenters. The number of carbonyl (C=O) groups excluding carboxylic acids is 1. The normalized spacial score (nSPS) is 10.8. The molecule has 0 aliphatic rings. The van der Waals surface area contributed by atoms with Crippen molar-refractivity contribution in [3.8, 4) is 5.75 Å². The van der Waals surface area contributed by atoms with Gasteiger partial charge < -0.3 is 14.6 Å². The Kier molecular flexibility index (Phi) is 5.54. The van der Waals surface area contributed by atoms with Gasteiger partial charge in [-0.3, -0.25) is 4.79 Å². The van der Waals surface area contributed by atoms with Crippen LogP contribution in [0.25, 0.3) is 10.9 Å². The van der Waals surface area contributed by atoms with Gasteiger partial charge in [0, 0.05) is 40.6 Å². The summed E-state index contributed by atoms with van der Waals surface area (Å²) in [6, 6.07) is 24.7. The molecule has 146 valence electrons. The minimum Gasteiger partial charge on any atom is -0.487 e. The second-order valence-electron chi connectivity index (χ2n) is 6.79. The second kappa shape index (κ2) is 8.41. The number of carbonyl (C=O) groups is 1. The first-order valence-corrected chi connectivity index (χ1v) is 9.78. The smallest absolute Gasteiger partial charge is 0.251 e. The maximum absolute atomic E-state index is 12.5. The molecule has 0 saturated carbocycles. The average Bonchev–Trinajstić information content (AvgIpc) is 3.03. The van der Waals surface area contributed by atoms with Crippen molar-refractivity contribution in [3.05, 3.63) is 101 Å². The van der Waals surface area contributed by atoms with Crippen LogP contribution in [0.4, 0.5) is 0 Å². The first-order chi connectivity index (χ1) is 14.1. The molecule has 1 N–H and O–H groups in total. The lowest BCUT2D eigenvalue weighted by atomic mass is 10.1. The zero-order valence-corrected chi connectivity index (χ0v) is 16.8. The van der Waals surface area contributed by atoms with Crippen LogP contribution in [-0.4, -0.2) is 10.5 Å². The monoisotopic (exact) mass is 404 g/mol. The van der Waals surface area contributed by atoms with Gasteiger partial charge in [-0.1, -0.05) is 48.0 Å². The minimum atomic E-state index is -0.0943. The van der Waals surface area contributed by atoms with Crippen molar-refractivity contribution in [2.24, 2.45) is 7.05 Å². The van der Waals surface area contributed by atoms with E-state index in [2.05, 4.69) is 22.0 Å². The number of aromatic nitrogens is 1. The van der Waals surface area contributed by atoms with Crippen LogP contribution in [0.1, 0.15) is 21.6 Å².